The Hall–Kier alpha value is -2.02. The molecule has 0 spiro atoms. The van der Waals surface area contributed by atoms with Crippen molar-refractivity contribution in [2.24, 2.45) is 0 Å². The van der Waals surface area contributed by atoms with Crippen LogP contribution in [-0.4, -0.2) is 14.1 Å². The number of anilines is 1. The zero-order valence-corrected chi connectivity index (χ0v) is 10.4. The Labute approximate surface area is 103 Å². The topological polar surface area (TPSA) is 3.24 Å². The highest BCUT2D eigenvalue weighted by atomic mass is 15.1. The Bertz CT molecular complexity index is 509. The smallest absolute Gasteiger partial charge is 0.0361 e. The van der Waals surface area contributed by atoms with Gasteiger partial charge in [-0.25, -0.2) is 0 Å². The second kappa shape index (κ2) is 4.88. The summed E-state index contributed by atoms with van der Waals surface area (Å²) in [5, 5.41) is 0. The van der Waals surface area contributed by atoms with Gasteiger partial charge in [-0.1, -0.05) is 49.1 Å². The fourth-order valence-electron chi connectivity index (χ4n) is 1.88. The number of hydrogen-bond donors (Lipinski definition) is 0. The fourth-order valence-corrected chi connectivity index (χ4v) is 1.88. The van der Waals surface area contributed by atoms with E-state index in [0.29, 0.717) is 0 Å². The van der Waals surface area contributed by atoms with E-state index in [1.165, 1.54) is 22.4 Å². The molecule has 1 heteroatoms. The Morgan fingerprint density at radius 2 is 1.59 bits per heavy atom. The lowest BCUT2D eigenvalue weighted by atomic mass is 9.99. The summed E-state index contributed by atoms with van der Waals surface area (Å²) in [6.07, 6.45) is 1.90. The molecule has 0 N–H and O–H groups in total. The van der Waals surface area contributed by atoms with Crippen LogP contribution in [0.5, 0.6) is 0 Å². The largest absolute Gasteiger partial charge is 0.378 e. The van der Waals surface area contributed by atoms with Crippen molar-refractivity contribution in [2.75, 3.05) is 19.0 Å². The second-order valence-corrected chi connectivity index (χ2v) is 4.23. The van der Waals surface area contributed by atoms with Crippen LogP contribution in [-0.2, 0) is 0 Å². The molecule has 0 unspecified atom stereocenters. The minimum atomic E-state index is 1.17. The molecule has 2 aromatic carbocycles. The highest BCUT2D eigenvalue weighted by Gasteiger charge is 2.02. The summed E-state index contributed by atoms with van der Waals surface area (Å²) >= 11 is 0. The Balaban J connectivity index is 2.43. The van der Waals surface area contributed by atoms with Gasteiger partial charge in [0.25, 0.3) is 0 Å². The Morgan fingerprint density at radius 1 is 0.941 bits per heavy atom. The third kappa shape index (κ3) is 2.39. The molecule has 1 nitrogen and oxygen atoms in total. The minimum absolute atomic E-state index is 1.17. The molecule has 0 fully saturated rings. The van der Waals surface area contributed by atoms with Crippen LogP contribution in [0.15, 0.2) is 55.1 Å². The fraction of sp³-hybridized carbons (Fsp3) is 0.125. The number of hydrogen-bond acceptors (Lipinski definition) is 1. The Kier molecular flexibility index (Phi) is 3.29. The highest BCUT2D eigenvalue weighted by Crippen LogP contribution is 2.26. The lowest BCUT2D eigenvalue weighted by molar-refractivity contribution is 1.13. The predicted molar refractivity (Wildman–Crippen MR) is 76.3 cm³/mol. The zero-order chi connectivity index (χ0) is 12.3. The Morgan fingerprint density at radius 3 is 2.18 bits per heavy atom. The van der Waals surface area contributed by atoms with E-state index in [-0.39, 0.29) is 0 Å². The van der Waals surface area contributed by atoms with Gasteiger partial charge >= 0.3 is 0 Å². The molecule has 0 aliphatic carbocycles. The SMILES string of the molecule is C=Cc1ccccc1-c1ccc(N(C)C)cc1. The van der Waals surface area contributed by atoms with E-state index < -0.39 is 0 Å². The lowest BCUT2D eigenvalue weighted by Gasteiger charge is -2.13. The molecule has 0 saturated heterocycles. The summed E-state index contributed by atoms with van der Waals surface area (Å²) in [5.74, 6) is 0. The molecule has 0 atom stereocenters. The van der Waals surface area contributed by atoms with E-state index in [9.17, 15) is 0 Å². The van der Waals surface area contributed by atoms with Crippen molar-refractivity contribution in [2.45, 2.75) is 0 Å². The van der Waals surface area contributed by atoms with Gasteiger partial charge in [0.15, 0.2) is 0 Å². The van der Waals surface area contributed by atoms with E-state index in [2.05, 4.69) is 53.9 Å². The molecular formula is C16H17N. The monoisotopic (exact) mass is 223 g/mol. The van der Waals surface area contributed by atoms with E-state index in [1.807, 2.05) is 26.2 Å². The molecular weight excluding hydrogens is 206 g/mol. The maximum Gasteiger partial charge on any atom is 0.0361 e. The van der Waals surface area contributed by atoms with Crippen molar-refractivity contribution >= 4 is 11.8 Å². The highest BCUT2D eigenvalue weighted by molar-refractivity contribution is 5.75. The van der Waals surface area contributed by atoms with Crippen LogP contribution in [0.4, 0.5) is 5.69 Å². The minimum Gasteiger partial charge on any atom is -0.378 e. The van der Waals surface area contributed by atoms with Gasteiger partial charge in [-0.05, 0) is 28.8 Å². The third-order valence-electron chi connectivity index (χ3n) is 2.88. The molecule has 0 saturated carbocycles. The quantitative estimate of drug-likeness (QED) is 0.758. The van der Waals surface area contributed by atoms with Gasteiger partial charge < -0.3 is 4.90 Å². The number of benzene rings is 2. The van der Waals surface area contributed by atoms with Gasteiger partial charge in [0.2, 0.25) is 0 Å². The van der Waals surface area contributed by atoms with Crippen LogP contribution in [0, 0.1) is 0 Å². The summed E-state index contributed by atoms with van der Waals surface area (Å²) < 4.78 is 0. The van der Waals surface area contributed by atoms with Crippen molar-refractivity contribution < 1.29 is 0 Å². The molecule has 2 aromatic rings. The third-order valence-corrected chi connectivity index (χ3v) is 2.88. The normalized spacial score (nSPS) is 10.0. The van der Waals surface area contributed by atoms with E-state index in [0.717, 1.165) is 0 Å². The first-order valence-corrected chi connectivity index (χ1v) is 5.71. The lowest BCUT2D eigenvalue weighted by Crippen LogP contribution is -2.07. The first-order valence-electron chi connectivity index (χ1n) is 5.71. The maximum absolute atomic E-state index is 3.85. The number of nitrogens with zero attached hydrogens (tertiary/aromatic N) is 1. The molecule has 0 heterocycles. The van der Waals surface area contributed by atoms with Crippen LogP contribution in [0.2, 0.25) is 0 Å². The van der Waals surface area contributed by atoms with Crippen molar-refractivity contribution in [3.05, 3.63) is 60.7 Å². The van der Waals surface area contributed by atoms with Crippen LogP contribution in [0.25, 0.3) is 17.2 Å². The van der Waals surface area contributed by atoms with Crippen LogP contribution in [0.3, 0.4) is 0 Å². The van der Waals surface area contributed by atoms with Crippen LogP contribution < -0.4 is 4.90 Å². The number of rotatable bonds is 3. The summed E-state index contributed by atoms with van der Waals surface area (Å²) in [7, 11) is 4.10. The van der Waals surface area contributed by atoms with Gasteiger partial charge in [0.1, 0.15) is 0 Å². The van der Waals surface area contributed by atoms with Crippen LogP contribution in [0.1, 0.15) is 5.56 Å². The standard InChI is InChI=1S/C16H17N/c1-4-13-7-5-6-8-16(13)14-9-11-15(12-10-14)17(2)3/h4-12H,1H2,2-3H3. The van der Waals surface area contributed by atoms with Crippen LogP contribution >= 0.6 is 0 Å². The van der Waals surface area contributed by atoms with Crippen molar-refractivity contribution in [1.29, 1.82) is 0 Å². The first-order chi connectivity index (χ1) is 8.22. The average molecular weight is 223 g/mol. The predicted octanol–water partition coefficient (Wildman–Crippen LogP) is 4.06. The van der Waals surface area contributed by atoms with E-state index in [1.54, 1.807) is 0 Å². The first kappa shape index (κ1) is 11.5. The maximum atomic E-state index is 3.85. The molecule has 0 aromatic heterocycles. The molecule has 0 aliphatic rings. The van der Waals surface area contributed by atoms with Gasteiger partial charge in [-0.3, -0.25) is 0 Å². The summed E-state index contributed by atoms with van der Waals surface area (Å²) in [5.41, 5.74) is 4.84. The summed E-state index contributed by atoms with van der Waals surface area (Å²) in [4.78, 5) is 2.10. The molecule has 0 aliphatic heterocycles. The van der Waals surface area contributed by atoms with Crippen molar-refractivity contribution in [3.8, 4) is 11.1 Å². The van der Waals surface area contributed by atoms with Gasteiger partial charge in [0.05, 0.1) is 0 Å². The molecule has 2 rings (SSSR count). The zero-order valence-electron chi connectivity index (χ0n) is 10.4. The summed E-state index contributed by atoms with van der Waals surface area (Å²) in [6.45, 7) is 3.85. The van der Waals surface area contributed by atoms with Crippen molar-refractivity contribution in [1.82, 2.24) is 0 Å². The molecule has 0 radical (unpaired) electrons. The molecule has 17 heavy (non-hydrogen) atoms. The molecule has 0 bridgehead atoms. The van der Waals surface area contributed by atoms with E-state index in [4.69, 9.17) is 0 Å². The van der Waals surface area contributed by atoms with Gasteiger partial charge in [-0.15, -0.1) is 0 Å². The average Bonchev–Trinajstić information content (AvgIpc) is 2.39. The molecule has 0 amide bonds. The van der Waals surface area contributed by atoms with Crippen molar-refractivity contribution in [3.63, 3.8) is 0 Å². The van der Waals surface area contributed by atoms with E-state index >= 15 is 0 Å². The second-order valence-electron chi connectivity index (χ2n) is 4.23. The van der Waals surface area contributed by atoms with Gasteiger partial charge in [-0.2, -0.15) is 0 Å². The van der Waals surface area contributed by atoms with Gasteiger partial charge in [0, 0.05) is 19.8 Å². The molecule has 86 valence electrons. The summed E-state index contributed by atoms with van der Waals surface area (Å²) in [6, 6.07) is 16.9.